The third-order valence-electron chi connectivity index (χ3n) is 1.51. The minimum Gasteiger partial charge on any atom is -0.475 e. The molecule has 62 valence electrons. The molecule has 0 radical (unpaired) electrons. The molecule has 0 aliphatic carbocycles. The van der Waals surface area contributed by atoms with Crippen LogP contribution in [-0.2, 0) is 4.79 Å². The van der Waals surface area contributed by atoms with Crippen molar-refractivity contribution < 1.29 is 14.7 Å². The average molecular weight is 164 g/mol. The van der Waals surface area contributed by atoms with Crippen molar-refractivity contribution in [3.63, 3.8) is 0 Å². The molecule has 0 bridgehead atoms. The molecule has 1 aromatic carbocycles. The number of carboxylic acids is 1. The zero-order valence-corrected chi connectivity index (χ0v) is 6.57. The van der Waals surface area contributed by atoms with Crippen LogP contribution in [0.1, 0.15) is 15.9 Å². The summed E-state index contributed by atoms with van der Waals surface area (Å²) in [6, 6.07) is 6.42. The summed E-state index contributed by atoms with van der Waals surface area (Å²) in [7, 11) is 0. The zero-order valence-electron chi connectivity index (χ0n) is 6.57. The Hall–Kier alpha value is -1.64. The molecular formula is C9H8O3. The number of aliphatic carboxylic acids is 1. The van der Waals surface area contributed by atoms with Crippen LogP contribution in [0.15, 0.2) is 24.3 Å². The van der Waals surface area contributed by atoms with Gasteiger partial charge in [-0.3, -0.25) is 4.79 Å². The number of aryl methyl sites for hydroxylation is 1. The first-order valence-electron chi connectivity index (χ1n) is 3.45. The molecule has 0 spiro atoms. The van der Waals surface area contributed by atoms with E-state index >= 15 is 0 Å². The van der Waals surface area contributed by atoms with E-state index < -0.39 is 11.8 Å². The van der Waals surface area contributed by atoms with E-state index in [0.717, 1.165) is 5.56 Å². The van der Waals surface area contributed by atoms with Crippen molar-refractivity contribution in [3.8, 4) is 0 Å². The van der Waals surface area contributed by atoms with Crippen molar-refractivity contribution in [2.75, 3.05) is 0 Å². The molecule has 1 N–H and O–H groups in total. The second kappa shape index (κ2) is 3.17. The highest BCUT2D eigenvalue weighted by Gasteiger charge is 2.12. The second-order valence-corrected chi connectivity index (χ2v) is 2.50. The molecule has 1 aromatic rings. The molecule has 0 aliphatic rings. The number of Topliss-reactive ketones (excluding diaryl/α,β-unsaturated/α-hetero) is 1. The summed E-state index contributed by atoms with van der Waals surface area (Å²) in [4.78, 5) is 21.1. The lowest BCUT2D eigenvalue weighted by Gasteiger charge is -1.95. The van der Waals surface area contributed by atoms with Crippen LogP contribution in [0.4, 0.5) is 0 Å². The maximum atomic E-state index is 10.9. The molecule has 0 heterocycles. The molecule has 1 rings (SSSR count). The molecular weight excluding hydrogens is 156 g/mol. The van der Waals surface area contributed by atoms with Crippen LogP contribution in [0, 0.1) is 6.92 Å². The van der Waals surface area contributed by atoms with Crippen LogP contribution in [0.5, 0.6) is 0 Å². The van der Waals surface area contributed by atoms with E-state index in [2.05, 4.69) is 0 Å². The van der Waals surface area contributed by atoms with E-state index in [0.29, 0.717) is 0 Å². The average Bonchev–Trinajstić information content (AvgIpc) is 2.04. The molecule has 0 fully saturated rings. The Kier molecular flexibility index (Phi) is 2.24. The van der Waals surface area contributed by atoms with Gasteiger partial charge < -0.3 is 5.11 Å². The van der Waals surface area contributed by atoms with Gasteiger partial charge in [-0.2, -0.15) is 0 Å². The smallest absolute Gasteiger partial charge is 0.377 e. The van der Waals surface area contributed by atoms with E-state index in [4.69, 9.17) is 5.11 Å². The minimum atomic E-state index is -1.42. The van der Waals surface area contributed by atoms with E-state index in [9.17, 15) is 9.59 Å². The van der Waals surface area contributed by atoms with Crippen LogP contribution in [0.3, 0.4) is 0 Å². The van der Waals surface area contributed by atoms with Crippen molar-refractivity contribution >= 4 is 11.8 Å². The third-order valence-corrected chi connectivity index (χ3v) is 1.51. The summed E-state index contributed by atoms with van der Waals surface area (Å²) in [5.74, 6) is -2.28. The van der Waals surface area contributed by atoms with Gasteiger partial charge in [0, 0.05) is 5.56 Å². The standard InChI is InChI=1S/C9H8O3/c1-6-2-4-7(5-3-6)8(10)9(11)12/h2-5H,1H3,(H,11,12). The van der Waals surface area contributed by atoms with E-state index in [1.165, 1.54) is 12.1 Å². The quantitative estimate of drug-likeness (QED) is 0.528. The van der Waals surface area contributed by atoms with Gasteiger partial charge in [-0.1, -0.05) is 29.8 Å². The fraction of sp³-hybridized carbons (Fsp3) is 0.111. The van der Waals surface area contributed by atoms with Gasteiger partial charge in [0.1, 0.15) is 0 Å². The number of hydrogen-bond donors (Lipinski definition) is 1. The van der Waals surface area contributed by atoms with Crippen molar-refractivity contribution in [2.24, 2.45) is 0 Å². The Balaban J connectivity index is 2.98. The molecule has 0 amide bonds. The number of benzene rings is 1. The van der Waals surface area contributed by atoms with Crippen LogP contribution < -0.4 is 0 Å². The predicted octanol–water partition coefficient (Wildman–Crippen LogP) is 1.26. The lowest BCUT2D eigenvalue weighted by molar-refractivity contribution is -0.131. The van der Waals surface area contributed by atoms with E-state index in [1.807, 2.05) is 6.92 Å². The van der Waals surface area contributed by atoms with Crippen LogP contribution in [-0.4, -0.2) is 16.9 Å². The molecule has 3 heteroatoms. The molecule has 3 nitrogen and oxygen atoms in total. The molecule has 0 saturated heterocycles. The molecule has 0 aliphatic heterocycles. The zero-order chi connectivity index (χ0) is 9.14. The number of carboxylic acid groups (broad SMARTS) is 1. The maximum Gasteiger partial charge on any atom is 0.377 e. The van der Waals surface area contributed by atoms with Crippen molar-refractivity contribution in [1.82, 2.24) is 0 Å². The largest absolute Gasteiger partial charge is 0.475 e. The van der Waals surface area contributed by atoms with E-state index in [-0.39, 0.29) is 5.56 Å². The molecule has 0 unspecified atom stereocenters. The first-order chi connectivity index (χ1) is 5.61. The lowest BCUT2D eigenvalue weighted by atomic mass is 10.1. The van der Waals surface area contributed by atoms with Gasteiger partial charge in [-0.25, -0.2) is 4.79 Å². The van der Waals surface area contributed by atoms with Crippen molar-refractivity contribution in [1.29, 1.82) is 0 Å². The minimum absolute atomic E-state index is 0.216. The van der Waals surface area contributed by atoms with Gasteiger partial charge in [0.2, 0.25) is 0 Å². The molecule has 0 saturated carbocycles. The molecule has 12 heavy (non-hydrogen) atoms. The van der Waals surface area contributed by atoms with Crippen LogP contribution in [0.25, 0.3) is 0 Å². The Bertz CT molecular complexity index is 311. The Morgan fingerprint density at radius 3 is 2.08 bits per heavy atom. The fourth-order valence-corrected chi connectivity index (χ4v) is 0.828. The summed E-state index contributed by atoms with van der Waals surface area (Å²) in [6.45, 7) is 1.87. The number of carbonyl (C=O) groups is 2. The summed E-state index contributed by atoms with van der Waals surface area (Å²) in [5, 5.41) is 8.36. The normalized spacial score (nSPS) is 9.42. The van der Waals surface area contributed by atoms with Crippen molar-refractivity contribution in [2.45, 2.75) is 6.92 Å². The summed E-state index contributed by atoms with van der Waals surface area (Å²) in [6.07, 6.45) is 0. The van der Waals surface area contributed by atoms with Crippen LogP contribution >= 0.6 is 0 Å². The molecule has 0 atom stereocenters. The van der Waals surface area contributed by atoms with Gasteiger partial charge in [0.05, 0.1) is 0 Å². The summed E-state index contributed by atoms with van der Waals surface area (Å²) < 4.78 is 0. The highest BCUT2D eigenvalue weighted by atomic mass is 16.4. The van der Waals surface area contributed by atoms with Crippen LogP contribution in [0.2, 0.25) is 0 Å². The monoisotopic (exact) mass is 164 g/mol. The highest BCUT2D eigenvalue weighted by Crippen LogP contribution is 2.03. The number of ketones is 1. The van der Waals surface area contributed by atoms with Crippen molar-refractivity contribution in [3.05, 3.63) is 35.4 Å². The SMILES string of the molecule is Cc1ccc(C(=O)C(=O)O)cc1. The Morgan fingerprint density at radius 2 is 1.67 bits per heavy atom. The van der Waals surface area contributed by atoms with Gasteiger partial charge >= 0.3 is 5.97 Å². The first-order valence-corrected chi connectivity index (χ1v) is 3.45. The number of carbonyl (C=O) groups excluding carboxylic acids is 1. The fourth-order valence-electron chi connectivity index (χ4n) is 0.828. The second-order valence-electron chi connectivity index (χ2n) is 2.50. The number of hydrogen-bond acceptors (Lipinski definition) is 2. The van der Waals surface area contributed by atoms with E-state index in [1.54, 1.807) is 12.1 Å². The highest BCUT2D eigenvalue weighted by molar-refractivity contribution is 6.39. The third kappa shape index (κ3) is 1.69. The van der Waals surface area contributed by atoms with Gasteiger partial charge in [0.25, 0.3) is 5.78 Å². The predicted molar refractivity (Wildman–Crippen MR) is 43.1 cm³/mol. The Labute approximate surface area is 69.6 Å². The van der Waals surface area contributed by atoms with Gasteiger partial charge in [-0.15, -0.1) is 0 Å². The summed E-state index contributed by atoms with van der Waals surface area (Å²) >= 11 is 0. The van der Waals surface area contributed by atoms with Gasteiger partial charge in [0.15, 0.2) is 0 Å². The first kappa shape index (κ1) is 8.46. The molecule has 0 aromatic heterocycles. The maximum absolute atomic E-state index is 10.9. The number of rotatable bonds is 2. The Morgan fingerprint density at radius 1 is 1.17 bits per heavy atom. The topological polar surface area (TPSA) is 54.4 Å². The lowest BCUT2D eigenvalue weighted by Crippen LogP contribution is -2.12. The summed E-state index contributed by atoms with van der Waals surface area (Å²) in [5.41, 5.74) is 1.21. The van der Waals surface area contributed by atoms with Gasteiger partial charge in [-0.05, 0) is 6.92 Å².